The monoisotopic (exact) mass is 296 g/mol. The van der Waals surface area contributed by atoms with Gasteiger partial charge in [-0.25, -0.2) is 4.79 Å². The first-order valence-corrected chi connectivity index (χ1v) is 6.10. The largest absolute Gasteiger partial charge is 0.481 e. The molecule has 1 heterocycles. The summed E-state index contributed by atoms with van der Waals surface area (Å²) >= 11 is 0. The number of pyridine rings is 1. The Morgan fingerprint density at radius 1 is 1.48 bits per heavy atom. The van der Waals surface area contributed by atoms with Crippen molar-refractivity contribution in [1.29, 1.82) is 0 Å². The average Bonchev–Trinajstić information content (AvgIpc) is 2.36. The number of carbonyl (C=O) groups is 2. The van der Waals surface area contributed by atoms with Crippen LogP contribution in [0.25, 0.3) is 0 Å². The molecule has 1 aromatic heterocycles. The number of carboxylic acids is 1. The van der Waals surface area contributed by atoms with Gasteiger partial charge in [0.25, 0.3) is 0 Å². The number of nitrogens with one attached hydrogen (secondary N) is 2. The van der Waals surface area contributed by atoms with Gasteiger partial charge in [-0.3, -0.25) is 19.9 Å². The van der Waals surface area contributed by atoms with E-state index in [4.69, 9.17) is 5.11 Å². The van der Waals surface area contributed by atoms with Gasteiger partial charge in [0.2, 0.25) is 0 Å². The number of hydrogen-bond acceptors (Lipinski definition) is 5. The van der Waals surface area contributed by atoms with E-state index >= 15 is 0 Å². The predicted molar refractivity (Wildman–Crippen MR) is 74.0 cm³/mol. The average molecular weight is 296 g/mol. The third-order valence-corrected chi connectivity index (χ3v) is 2.66. The summed E-state index contributed by atoms with van der Waals surface area (Å²) in [5.74, 6) is -0.963. The molecular formula is C12H16N4O5. The lowest BCUT2D eigenvalue weighted by molar-refractivity contribution is -0.384. The molecule has 1 aromatic rings. The molecule has 3 N–H and O–H groups in total. The Bertz CT molecular complexity index is 558. The Kier molecular flexibility index (Phi) is 5.17. The molecule has 2 amide bonds. The Morgan fingerprint density at radius 2 is 2.14 bits per heavy atom. The minimum atomic E-state index is -0.963. The van der Waals surface area contributed by atoms with Crippen LogP contribution in [0.4, 0.5) is 16.2 Å². The van der Waals surface area contributed by atoms with E-state index in [0.717, 1.165) is 6.20 Å². The van der Waals surface area contributed by atoms with Crippen molar-refractivity contribution < 1.29 is 19.6 Å². The maximum Gasteiger partial charge on any atom is 0.319 e. The Hall–Kier alpha value is -2.71. The van der Waals surface area contributed by atoms with Crippen LogP contribution in [0.3, 0.4) is 0 Å². The molecule has 9 heteroatoms. The minimum absolute atomic E-state index is 0.0153. The molecule has 0 saturated carbocycles. The van der Waals surface area contributed by atoms with Crippen molar-refractivity contribution in [1.82, 2.24) is 10.3 Å². The normalized spacial score (nSPS) is 10.8. The van der Waals surface area contributed by atoms with Gasteiger partial charge in [-0.2, -0.15) is 0 Å². The standard InChI is InChI=1S/C12H16N4O5/c1-12(2,5-3-10(17)18)15-11(19)14-8-4-6-13-7-9(8)16(20)21/h4,6-7H,3,5H2,1-2H3,(H,17,18)(H2,13,14,15,19). The van der Waals surface area contributed by atoms with Crippen LogP contribution >= 0.6 is 0 Å². The zero-order chi connectivity index (χ0) is 16.0. The van der Waals surface area contributed by atoms with Gasteiger partial charge >= 0.3 is 17.7 Å². The van der Waals surface area contributed by atoms with E-state index in [1.807, 2.05) is 0 Å². The van der Waals surface area contributed by atoms with Gasteiger partial charge in [-0.1, -0.05) is 0 Å². The summed E-state index contributed by atoms with van der Waals surface area (Å²) in [7, 11) is 0. The maximum atomic E-state index is 11.8. The van der Waals surface area contributed by atoms with E-state index < -0.39 is 22.5 Å². The fraction of sp³-hybridized carbons (Fsp3) is 0.417. The summed E-state index contributed by atoms with van der Waals surface area (Å²) in [6.07, 6.45) is 2.49. The van der Waals surface area contributed by atoms with Crippen molar-refractivity contribution in [2.75, 3.05) is 5.32 Å². The molecule has 0 spiro atoms. The first-order valence-electron chi connectivity index (χ1n) is 6.10. The molecule has 0 aliphatic rings. The topological polar surface area (TPSA) is 134 Å². The van der Waals surface area contributed by atoms with Gasteiger partial charge in [0.05, 0.1) is 4.92 Å². The second kappa shape index (κ2) is 6.64. The second-order valence-electron chi connectivity index (χ2n) is 5.01. The molecule has 0 saturated heterocycles. The Balaban J connectivity index is 2.70. The lowest BCUT2D eigenvalue weighted by Crippen LogP contribution is -2.45. The van der Waals surface area contributed by atoms with E-state index in [1.54, 1.807) is 13.8 Å². The highest BCUT2D eigenvalue weighted by molar-refractivity contribution is 5.92. The zero-order valence-electron chi connectivity index (χ0n) is 11.6. The number of aliphatic carboxylic acids is 1. The van der Waals surface area contributed by atoms with E-state index in [9.17, 15) is 19.7 Å². The van der Waals surface area contributed by atoms with Crippen molar-refractivity contribution in [3.63, 3.8) is 0 Å². The van der Waals surface area contributed by atoms with Crippen LogP contribution in [0.2, 0.25) is 0 Å². The first-order chi connectivity index (χ1) is 9.71. The number of hydrogen-bond donors (Lipinski definition) is 3. The number of nitro groups is 1. The molecule has 9 nitrogen and oxygen atoms in total. The van der Waals surface area contributed by atoms with E-state index in [0.29, 0.717) is 0 Å². The second-order valence-corrected chi connectivity index (χ2v) is 5.01. The highest BCUT2D eigenvalue weighted by atomic mass is 16.6. The highest BCUT2D eigenvalue weighted by Crippen LogP contribution is 2.22. The summed E-state index contributed by atoms with van der Waals surface area (Å²) in [5, 5.41) is 24.4. The van der Waals surface area contributed by atoms with Crippen LogP contribution in [-0.2, 0) is 4.79 Å². The van der Waals surface area contributed by atoms with Gasteiger partial charge in [0.15, 0.2) is 0 Å². The molecule has 0 fully saturated rings. The number of aromatic nitrogens is 1. The number of nitrogens with zero attached hydrogens (tertiary/aromatic N) is 2. The SMILES string of the molecule is CC(C)(CCC(=O)O)NC(=O)Nc1ccncc1[N+](=O)[O-]. The van der Waals surface area contributed by atoms with E-state index in [-0.39, 0.29) is 24.2 Å². The van der Waals surface area contributed by atoms with Crippen LogP contribution < -0.4 is 10.6 Å². The quantitative estimate of drug-likeness (QED) is 0.540. The highest BCUT2D eigenvalue weighted by Gasteiger charge is 2.23. The summed E-state index contributed by atoms with van der Waals surface area (Å²) in [6.45, 7) is 3.33. The fourth-order valence-electron chi connectivity index (χ4n) is 1.58. The molecular weight excluding hydrogens is 280 g/mol. The molecule has 0 unspecified atom stereocenters. The van der Waals surface area contributed by atoms with Crippen molar-refractivity contribution in [3.05, 3.63) is 28.6 Å². The number of amides is 2. The fourth-order valence-corrected chi connectivity index (χ4v) is 1.58. The van der Waals surface area contributed by atoms with Crippen molar-refractivity contribution in [3.8, 4) is 0 Å². The lowest BCUT2D eigenvalue weighted by Gasteiger charge is -2.25. The Morgan fingerprint density at radius 3 is 2.71 bits per heavy atom. The van der Waals surface area contributed by atoms with Gasteiger partial charge in [-0.15, -0.1) is 0 Å². The van der Waals surface area contributed by atoms with Crippen LogP contribution in [0, 0.1) is 10.1 Å². The van der Waals surface area contributed by atoms with Gasteiger partial charge < -0.3 is 15.7 Å². The lowest BCUT2D eigenvalue weighted by atomic mass is 9.99. The molecule has 114 valence electrons. The Labute approximate surface area is 120 Å². The van der Waals surface area contributed by atoms with Gasteiger partial charge in [0.1, 0.15) is 11.9 Å². The third-order valence-electron chi connectivity index (χ3n) is 2.66. The summed E-state index contributed by atoms with van der Waals surface area (Å²) < 4.78 is 0. The zero-order valence-corrected chi connectivity index (χ0v) is 11.6. The molecule has 0 radical (unpaired) electrons. The minimum Gasteiger partial charge on any atom is -0.481 e. The number of carbonyl (C=O) groups excluding carboxylic acids is 1. The van der Waals surface area contributed by atoms with Crippen LogP contribution in [0.5, 0.6) is 0 Å². The summed E-state index contributed by atoms with van der Waals surface area (Å²) in [5.41, 5.74) is -1.07. The molecule has 0 bridgehead atoms. The molecule has 0 aromatic carbocycles. The van der Waals surface area contributed by atoms with Crippen molar-refractivity contribution in [2.24, 2.45) is 0 Å². The molecule has 0 aliphatic heterocycles. The number of urea groups is 1. The molecule has 21 heavy (non-hydrogen) atoms. The number of anilines is 1. The predicted octanol–water partition coefficient (Wildman–Crippen LogP) is 1.75. The molecule has 0 atom stereocenters. The molecule has 0 aliphatic carbocycles. The van der Waals surface area contributed by atoms with Crippen LogP contribution in [-0.4, -0.2) is 32.6 Å². The number of rotatable bonds is 6. The van der Waals surface area contributed by atoms with Crippen LogP contribution in [0.1, 0.15) is 26.7 Å². The number of carboxylic acid groups (broad SMARTS) is 1. The van der Waals surface area contributed by atoms with Gasteiger partial charge in [0, 0.05) is 18.2 Å². The van der Waals surface area contributed by atoms with Crippen LogP contribution in [0.15, 0.2) is 18.5 Å². The molecule has 1 rings (SSSR count). The van der Waals surface area contributed by atoms with E-state index in [2.05, 4.69) is 15.6 Å². The first kappa shape index (κ1) is 16.3. The van der Waals surface area contributed by atoms with Crippen molar-refractivity contribution in [2.45, 2.75) is 32.2 Å². The smallest absolute Gasteiger partial charge is 0.319 e. The van der Waals surface area contributed by atoms with Crippen molar-refractivity contribution >= 4 is 23.4 Å². The summed E-state index contributed by atoms with van der Waals surface area (Å²) in [4.78, 5) is 36.1. The van der Waals surface area contributed by atoms with E-state index in [1.165, 1.54) is 12.3 Å². The summed E-state index contributed by atoms with van der Waals surface area (Å²) in [6, 6.07) is 0.654. The maximum absolute atomic E-state index is 11.8. The third kappa shape index (κ3) is 5.43. The van der Waals surface area contributed by atoms with Gasteiger partial charge in [-0.05, 0) is 26.3 Å².